The minimum Gasteiger partial charge on any atom is -0.345 e. The normalized spacial score (nSPS) is 14.7. The van der Waals surface area contributed by atoms with E-state index in [0.29, 0.717) is 29.0 Å². The van der Waals surface area contributed by atoms with Crippen LogP contribution in [-0.2, 0) is 10.0 Å². The van der Waals surface area contributed by atoms with E-state index >= 15 is 4.39 Å². The van der Waals surface area contributed by atoms with Crippen molar-refractivity contribution in [3.8, 4) is 11.1 Å². The van der Waals surface area contributed by atoms with E-state index in [2.05, 4.69) is 29.6 Å². The maximum atomic E-state index is 15.3. The summed E-state index contributed by atoms with van der Waals surface area (Å²) >= 11 is 0. The van der Waals surface area contributed by atoms with Gasteiger partial charge in [-0.05, 0) is 44.4 Å². The molecule has 4 aromatic rings. The second kappa shape index (κ2) is 9.89. The van der Waals surface area contributed by atoms with E-state index in [-0.39, 0.29) is 16.8 Å². The number of rotatable bonds is 8. The van der Waals surface area contributed by atoms with Gasteiger partial charge in [0.05, 0.1) is 16.5 Å². The smallest absolute Gasteiger partial charge is 0.235 e. The van der Waals surface area contributed by atoms with Gasteiger partial charge in [-0.25, -0.2) is 27.8 Å². The van der Waals surface area contributed by atoms with Crippen LogP contribution in [0.15, 0.2) is 49.1 Å². The van der Waals surface area contributed by atoms with Crippen molar-refractivity contribution in [2.24, 2.45) is 0 Å². The Morgan fingerprint density at radius 2 is 1.81 bits per heavy atom. The van der Waals surface area contributed by atoms with E-state index in [9.17, 15) is 13.2 Å². The van der Waals surface area contributed by atoms with Gasteiger partial charge in [0.15, 0.2) is 11.6 Å². The van der Waals surface area contributed by atoms with Crippen LogP contribution < -0.4 is 9.62 Å². The number of carbonyl (C=O) groups is 1. The van der Waals surface area contributed by atoms with Crippen LogP contribution in [0.4, 0.5) is 16.0 Å². The molecule has 1 fully saturated rings. The van der Waals surface area contributed by atoms with Gasteiger partial charge in [0.25, 0.3) is 0 Å². The molecule has 1 aromatic carbocycles. The van der Waals surface area contributed by atoms with Gasteiger partial charge in [0, 0.05) is 60.0 Å². The number of aromatic nitrogens is 4. The second-order valence-corrected chi connectivity index (χ2v) is 11.2. The van der Waals surface area contributed by atoms with Crippen LogP contribution in [0.1, 0.15) is 49.0 Å². The Bertz CT molecular complexity index is 1560. The molecule has 1 unspecified atom stereocenters. The van der Waals surface area contributed by atoms with E-state index in [0.717, 1.165) is 31.5 Å². The monoisotopic (exact) mass is 522 g/mol. The van der Waals surface area contributed by atoms with E-state index in [4.69, 9.17) is 0 Å². The lowest BCUT2D eigenvalue weighted by Crippen LogP contribution is -2.25. The maximum Gasteiger partial charge on any atom is 0.235 e. The Morgan fingerprint density at radius 1 is 1.11 bits per heavy atom. The van der Waals surface area contributed by atoms with E-state index in [1.807, 2.05) is 0 Å². The van der Waals surface area contributed by atoms with Gasteiger partial charge in [0.1, 0.15) is 5.65 Å². The lowest BCUT2D eigenvalue weighted by Gasteiger charge is -2.15. The summed E-state index contributed by atoms with van der Waals surface area (Å²) in [6, 6.07) is 5.86. The van der Waals surface area contributed by atoms with Crippen molar-refractivity contribution in [1.82, 2.24) is 19.9 Å². The molecule has 0 radical (unpaired) electrons. The number of ketones is 1. The van der Waals surface area contributed by atoms with Crippen molar-refractivity contribution in [2.45, 2.75) is 38.4 Å². The average Bonchev–Trinajstić information content (AvgIpc) is 3.59. The quantitative estimate of drug-likeness (QED) is 0.326. The third-order valence-electron chi connectivity index (χ3n) is 6.74. The predicted molar refractivity (Wildman–Crippen MR) is 141 cm³/mol. The number of fused-ring (bicyclic) bond motifs is 1. The molecule has 37 heavy (non-hydrogen) atoms. The van der Waals surface area contributed by atoms with Crippen LogP contribution in [0.5, 0.6) is 0 Å². The highest BCUT2D eigenvalue weighted by atomic mass is 32.2. The fourth-order valence-electron chi connectivity index (χ4n) is 4.30. The molecule has 0 bridgehead atoms. The van der Waals surface area contributed by atoms with Crippen LogP contribution in [0, 0.1) is 5.82 Å². The summed E-state index contributed by atoms with van der Waals surface area (Å²) in [7, 11) is -3.79. The van der Waals surface area contributed by atoms with Crippen molar-refractivity contribution in [1.29, 1.82) is 0 Å². The third-order valence-corrected chi connectivity index (χ3v) is 8.63. The molecule has 1 atom stereocenters. The van der Waals surface area contributed by atoms with Crippen molar-refractivity contribution < 1.29 is 17.6 Å². The number of carbonyl (C=O) groups excluding carboxylic acids is 1. The fraction of sp³-hybridized carbons (Fsp3) is 0.308. The Kier molecular flexibility index (Phi) is 6.63. The molecule has 3 aromatic heterocycles. The molecule has 0 amide bonds. The van der Waals surface area contributed by atoms with E-state index in [1.165, 1.54) is 31.3 Å². The zero-order chi connectivity index (χ0) is 26.2. The summed E-state index contributed by atoms with van der Waals surface area (Å²) in [4.78, 5) is 31.9. The number of H-pyrrole nitrogens is 1. The number of benzene rings is 1. The van der Waals surface area contributed by atoms with Gasteiger partial charge < -0.3 is 9.88 Å². The first kappa shape index (κ1) is 24.8. The largest absolute Gasteiger partial charge is 0.345 e. The van der Waals surface area contributed by atoms with Gasteiger partial charge in [-0.1, -0.05) is 13.0 Å². The zero-order valence-corrected chi connectivity index (χ0v) is 21.3. The van der Waals surface area contributed by atoms with Crippen molar-refractivity contribution in [3.05, 3.63) is 66.0 Å². The summed E-state index contributed by atoms with van der Waals surface area (Å²) in [6.45, 7) is 5.15. The number of anilines is 2. The molecule has 1 aliphatic rings. The third kappa shape index (κ3) is 4.78. The molecule has 192 valence electrons. The summed E-state index contributed by atoms with van der Waals surface area (Å²) in [5, 5.41) is -0.200. The number of aromatic amines is 1. The first-order chi connectivity index (χ1) is 17.8. The summed E-state index contributed by atoms with van der Waals surface area (Å²) in [6.07, 6.45) is 9.21. The number of sulfonamides is 1. The summed E-state index contributed by atoms with van der Waals surface area (Å²) < 4.78 is 42.5. The van der Waals surface area contributed by atoms with Gasteiger partial charge >= 0.3 is 0 Å². The molecule has 1 saturated heterocycles. The van der Waals surface area contributed by atoms with E-state index in [1.54, 1.807) is 31.6 Å². The Morgan fingerprint density at radius 3 is 2.51 bits per heavy atom. The number of hydrogen-bond acceptors (Lipinski definition) is 7. The Balaban J connectivity index is 1.46. The minimum atomic E-state index is -3.79. The van der Waals surface area contributed by atoms with Crippen LogP contribution in [0.2, 0.25) is 0 Å². The molecular formula is C26H27FN6O3S. The highest BCUT2D eigenvalue weighted by Crippen LogP contribution is 2.29. The standard InChI is InChI=1S/C26H27FN6O3S/c1-3-16(2)37(35,36)32-22-8-6-7-19(23(22)27)24(34)21-15-29-25-20(21)11-17(12-28-25)18-13-30-26(31-14-18)33-9-4-5-10-33/h6-8,11-16,32H,3-5,9-10H2,1-2H3,(H,28,29). The van der Waals surface area contributed by atoms with Gasteiger partial charge in [-0.15, -0.1) is 0 Å². The Labute approximate surface area is 214 Å². The molecule has 0 aliphatic carbocycles. The molecule has 4 heterocycles. The molecule has 5 rings (SSSR count). The lowest BCUT2D eigenvalue weighted by molar-refractivity contribution is 0.103. The maximum absolute atomic E-state index is 15.3. The molecule has 9 nitrogen and oxygen atoms in total. The van der Waals surface area contributed by atoms with Crippen molar-refractivity contribution >= 4 is 38.5 Å². The predicted octanol–water partition coefficient (Wildman–Crippen LogP) is 4.53. The zero-order valence-electron chi connectivity index (χ0n) is 20.5. The SMILES string of the molecule is CCC(C)S(=O)(=O)Nc1cccc(C(=O)c2c[nH]c3ncc(-c4cnc(N5CCCC5)nc4)cc23)c1F. The second-order valence-electron chi connectivity index (χ2n) is 9.15. The highest BCUT2D eigenvalue weighted by molar-refractivity contribution is 7.93. The molecule has 1 aliphatic heterocycles. The number of hydrogen-bond donors (Lipinski definition) is 2. The molecule has 0 spiro atoms. The van der Waals surface area contributed by atoms with E-state index < -0.39 is 26.9 Å². The number of halogens is 1. The van der Waals surface area contributed by atoms with Crippen LogP contribution >= 0.6 is 0 Å². The first-order valence-electron chi connectivity index (χ1n) is 12.2. The molecule has 11 heteroatoms. The number of pyridine rings is 1. The van der Waals surface area contributed by atoms with Crippen LogP contribution in [-0.4, -0.2) is 52.5 Å². The number of nitrogens with zero attached hydrogens (tertiary/aromatic N) is 4. The number of nitrogens with one attached hydrogen (secondary N) is 2. The summed E-state index contributed by atoms with van der Waals surface area (Å²) in [5.41, 5.74) is 1.64. The minimum absolute atomic E-state index is 0.222. The topological polar surface area (TPSA) is 121 Å². The van der Waals surface area contributed by atoms with Crippen molar-refractivity contribution in [2.75, 3.05) is 22.7 Å². The van der Waals surface area contributed by atoms with Gasteiger partial charge in [0.2, 0.25) is 16.0 Å². The average molecular weight is 523 g/mol. The first-order valence-corrected chi connectivity index (χ1v) is 13.7. The van der Waals surface area contributed by atoms with Gasteiger partial charge in [-0.2, -0.15) is 0 Å². The molecule has 2 N–H and O–H groups in total. The van der Waals surface area contributed by atoms with Crippen LogP contribution in [0.3, 0.4) is 0 Å². The van der Waals surface area contributed by atoms with Crippen molar-refractivity contribution in [3.63, 3.8) is 0 Å². The molecular weight excluding hydrogens is 495 g/mol. The fourth-order valence-corrected chi connectivity index (χ4v) is 5.41. The van der Waals surface area contributed by atoms with Gasteiger partial charge in [-0.3, -0.25) is 9.52 Å². The Hall–Kier alpha value is -3.86. The lowest BCUT2D eigenvalue weighted by atomic mass is 10.0. The highest BCUT2D eigenvalue weighted by Gasteiger charge is 2.24. The van der Waals surface area contributed by atoms with Crippen LogP contribution in [0.25, 0.3) is 22.2 Å². The molecule has 0 saturated carbocycles. The summed E-state index contributed by atoms with van der Waals surface area (Å²) in [5.74, 6) is -0.830.